The van der Waals surface area contributed by atoms with Gasteiger partial charge in [0, 0.05) is 12.2 Å². The lowest BCUT2D eigenvalue weighted by Gasteiger charge is -2.15. The third-order valence-electron chi connectivity index (χ3n) is 2.29. The number of carbonyl (C=O) groups is 1. The number of likely N-dealkylation sites (N-methyl/N-ethyl adjacent to an activating group) is 1. The van der Waals surface area contributed by atoms with Gasteiger partial charge in [-0.3, -0.25) is 4.79 Å². The van der Waals surface area contributed by atoms with Gasteiger partial charge in [0.2, 0.25) is 5.91 Å². The highest BCUT2D eigenvalue weighted by atomic mass is 19.1. The van der Waals surface area contributed by atoms with Crippen LogP contribution in [0.25, 0.3) is 0 Å². The van der Waals surface area contributed by atoms with E-state index in [0.29, 0.717) is 12.1 Å². The molecule has 1 aromatic carbocycles. The number of carbonyl (C=O) groups excluding carboxylic acids is 1. The molecule has 0 spiro atoms. The molecule has 0 heterocycles. The van der Waals surface area contributed by atoms with Crippen molar-refractivity contribution in [2.75, 3.05) is 11.9 Å². The molecule has 0 aliphatic heterocycles. The second-order valence-electron chi connectivity index (χ2n) is 3.72. The minimum absolute atomic E-state index is 0.0653. The second kappa shape index (κ2) is 5.49. The van der Waals surface area contributed by atoms with Gasteiger partial charge in [-0.25, -0.2) is 4.39 Å². The minimum Gasteiger partial charge on any atom is -0.374 e. The Morgan fingerprint density at radius 1 is 1.50 bits per heavy atom. The zero-order valence-electron chi connectivity index (χ0n) is 9.80. The Hall–Kier alpha value is -1.58. The van der Waals surface area contributed by atoms with Crippen LogP contribution in [-0.2, 0) is 4.79 Å². The Kier molecular flexibility index (Phi) is 4.28. The van der Waals surface area contributed by atoms with E-state index in [9.17, 15) is 9.18 Å². The Morgan fingerprint density at radius 2 is 2.19 bits per heavy atom. The molecule has 0 fully saturated rings. The first-order valence-corrected chi connectivity index (χ1v) is 5.35. The summed E-state index contributed by atoms with van der Waals surface area (Å²) in [7, 11) is 0. The van der Waals surface area contributed by atoms with Crippen molar-refractivity contribution in [3.8, 4) is 0 Å². The molecular formula is C12H17FN2O. The molecule has 2 N–H and O–H groups in total. The molecule has 16 heavy (non-hydrogen) atoms. The van der Waals surface area contributed by atoms with E-state index in [1.54, 1.807) is 26.0 Å². The fourth-order valence-corrected chi connectivity index (χ4v) is 1.38. The number of rotatable bonds is 4. The van der Waals surface area contributed by atoms with E-state index in [-0.39, 0.29) is 17.8 Å². The van der Waals surface area contributed by atoms with E-state index < -0.39 is 0 Å². The van der Waals surface area contributed by atoms with E-state index in [0.717, 1.165) is 5.69 Å². The van der Waals surface area contributed by atoms with Gasteiger partial charge in [0.1, 0.15) is 11.9 Å². The smallest absolute Gasteiger partial charge is 0.242 e. The first-order valence-electron chi connectivity index (χ1n) is 5.35. The number of amides is 1. The van der Waals surface area contributed by atoms with Gasteiger partial charge in [0.15, 0.2) is 0 Å². The lowest BCUT2D eigenvalue weighted by Crippen LogP contribution is -2.37. The summed E-state index contributed by atoms with van der Waals surface area (Å²) in [6, 6.07) is 4.37. The highest BCUT2D eigenvalue weighted by Gasteiger charge is 2.11. The van der Waals surface area contributed by atoms with Crippen molar-refractivity contribution in [3.63, 3.8) is 0 Å². The topological polar surface area (TPSA) is 41.1 Å². The molecule has 0 saturated carbocycles. The van der Waals surface area contributed by atoms with Crippen molar-refractivity contribution in [2.45, 2.75) is 26.8 Å². The van der Waals surface area contributed by atoms with Crippen LogP contribution in [0.5, 0.6) is 0 Å². The molecule has 0 radical (unpaired) electrons. The van der Waals surface area contributed by atoms with Crippen LogP contribution in [-0.4, -0.2) is 18.5 Å². The second-order valence-corrected chi connectivity index (χ2v) is 3.72. The molecule has 3 nitrogen and oxygen atoms in total. The third kappa shape index (κ3) is 3.22. The van der Waals surface area contributed by atoms with Crippen LogP contribution in [0.15, 0.2) is 18.2 Å². The number of benzene rings is 1. The van der Waals surface area contributed by atoms with Gasteiger partial charge in [0.25, 0.3) is 0 Å². The maximum absolute atomic E-state index is 13.0. The van der Waals surface area contributed by atoms with Crippen LogP contribution in [0.3, 0.4) is 0 Å². The Labute approximate surface area is 95.0 Å². The summed E-state index contributed by atoms with van der Waals surface area (Å²) in [5, 5.41) is 5.73. The summed E-state index contributed by atoms with van der Waals surface area (Å²) >= 11 is 0. The molecule has 88 valence electrons. The summed E-state index contributed by atoms with van der Waals surface area (Å²) in [5.74, 6) is -0.305. The number of nitrogens with one attached hydrogen (secondary N) is 2. The zero-order chi connectivity index (χ0) is 12.1. The average Bonchev–Trinajstić information content (AvgIpc) is 2.24. The molecule has 1 unspecified atom stereocenters. The normalized spacial score (nSPS) is 12.0. The van der Waals surface area contributed by atoms with Crippen LogP contribution in [0.2, 0.25) is 0 Å². The fourth-order valence-electron chi connectivity index (χ4n) is 1.38. The fraction of sp³-hybridized carbons (Fsp3) is 0.417. The van der Waals surface area contributed by atoms with E-state index in [1.165, 1.54) is 6.07 Å². The molecule has 0 aliphatic carbocycles. The summed E-state index contributed by atoms with van der Waals surface area (Å²) < 4.78 is 13.0. The molecule has 0 bridgehead atoms. The van der Waals surface area contributed by atoms with Gasteiger partial charge in [-0.15, -0.1) is 0 Å². The highest BCUT2D eigenvalue weighted by molar-refractivity contribution is 5.84. The molecular weight excluding hydrogens is 207 g/mol. The van der Waals surface area contributed by atoms with Crippen LogP contribution in [0, 0.1) is 12.7 Å². The van der Waals surface area contributed by atoms with E-state index in [4.69, 9.17) is 0 Å². The first-order chi connectivity index (χ1) is 7.54. The van der Waals surface area contributed by atoms with Crippen LogP contribution >= 0.6 is 0 Å². The lowest BCUT2D eigenvalue weighted by atomic mass is 10.2. The summed E-state index contributed by atoms with van der Waals surface area (Å²) in [5.41, 5.74) is 1.31. The van der Waals surface area contributed by atoms with Crippen molar-refractivity contribution in [1.82, 2.24) is 5.32 Å². The van der Waals surface area contributed by atoms with Crippen molar-refractivity contribution < 1.29 is 9.18 Å². The van der Waals surface area contributed by atoms with E-state index in [2.05, 4.69) is 10.6 Å². The molecule has 0 aromatic heterocycles. The molecule has 1 rings (SSSR count). The summed E-state index contributed by atoms with van der Waals surface area (Å²) in [6.45, 7) is 5.93. The van der Waals surface area contributed by atoms with Gasteiger partial charge < -0.3 is 10.6 Å². The Bertz CT molecular complexity index is 379. The standard InChI is InChI=1S/C12H17FN2O/c1-4-14-12(16)9(3)15-10-5-6-11(13)8(2)7-10/h5-7,9,15H,4H2,1-3H3,(H,14,16). The highest BCUT2D eigenvalue weighted by Crippen LogP contribution is 2.14. The number of aryl methyl sites for hydroxylation is 1. The molecule has 4 heteroatoms. The zero-order valence-corrected chi connectivity index (χ0v) is 9.80. The average molecular weight is 224 g/mol. The van der Waals surface area contributed by atoms with Crippen LogP contribution in [0.1, 0.15) is 19.4 Å². The predicted octanol–water partition coefficient (Wildman–Crippen LogP) is 2.07. The van der Waals surface area contributed by atoms with Crippen molar-refractivity contribution in [2.24, 2.45) is 0 Å². The Morgan fingerprint density at radius 3 is 2.75 bits per heavy atom. The van der Waals surface area contributed by atoms with Crippen LogP contribution < -0.4 is 10.6 Å². The number of hydrogen-bond donors (Lipinski definition) is 2. The molecule has 1 aromatic rings. The van der Waals surface area contributed by atoms with Crippen LogP contribution in [0.4, 0.5) is 10.1 Å². The van der Waals surface area contributed by atoms with Gasteiger partial charge in [0.05, 0.1) is 0 Å². The van der Waals surface area contributed by atoms with Gasteiger partial charge in [-0.1, -0.05) is 0 Å². The van der Waals surface area contributed by atoms with Gasteiger partial charge in [-0.05, 0) is 44.5 Å². The molecule has 0 saturated heterocycles. The molecule has 0 aliphatic rings. The maximum atomic E-state index is 13.0. The van der Waals surface area contributed by atoms with E-state index >= 15 is 0 Å². The predicted molar refractivity (Wildman–Crippen MR) is 62.9 cm³/mol. The first kappa shape index (κ1) is 12.5. The number of halogens is 1. The SMILES string of the molecule is CCNC(=O)C(C)Nc1ccc(F)c(C)c1. The minimum atomic E-state index is -0.329. The largest absolute Gasteiger partial charge is 0.374 e. The molecule has 1 amide bonds. The Balaban J connectivity index is 2.66. The summed E-state index contributed by atoms with van der Waals surface area (Å²) in [4.78, 5) is 11.5. The molecule has 1 atom stereocenters. The quantitative estimate of drug-likeness (QED) is 0.822. The van der Waals surface area contributed by atoms with Crippen molar-refractivity contribution >= 4 is 11.6 Å². The monoisotopic (exact) mass is 224 g/mol. The van der Waals surface area contributed by atoms with E-state index in [1.807, 2.05) is 6.92 Å². The van der Waals surface area contributed by atoms with Gasteiger partial charge >= 0.3 is 0 Å². The van der Waals surface area contributed by atoms with Gasteiger partial charge in [-0.2, -0.15) is 0 Å². The maximum Gasteiger partial charge on any atom is 0.242 e. The van der Waals surface area contributed by atoms with Crippen molar-refractivity contribution in [1.29, 1.82) is 0 Å². The van der Waals surface area contributed by atoms with Crippen molar-refractivity contribution in [3.05, 3.63) is 29.6 Å². The summed E-state index contributed by atoms with van der Waals surface area (Å²) in [6.07, 6.45) is 0. The number of anilines is 1. The lowest BCUT2D eigenvalue weighted by molar-refractivity contribution is -0.121. The number of hydrogen-bond acceptors (Lipinski definition) is 2. The third-order valence-corrected chi connectivity index (χ3v) is 2.29.